The van der Waals surface area contributed by atoms with Crippen molar-refractivity contribution in [2.24, 2.45) is 5.73 Å². The number of imidazole rings is 1. The first-order valence-corrected chi connectivity index (χ1v) is 10.7. The summed E-state index contributed by atoms with van der Waals surface area (Å²) in [7, 11) is 1.31. The molecular weight excluding hydrogens is 406 g/mol. The van der Waals surface area contributed by atoms with Crippen LogP contribution >= 0.6 is 0 Å². The van der Waals surface area contributed by atoms with E-state index in [2.05, 4.69) is 11.5 Å². The normalized spacial score (nSPS) is 11.3. The SMILES string of the molecule is CCCCc1nc2c(=N)n(O)c3cc(C(=O)OC)ccc3c2n1Cc1ccc(CN)cc1. The van der Waals surface area contributed by atoms with Crippen molar-refractivity contribution in [3.8, 4) is 0 Å². The first-order chi connectivity index (χ1) is 15.5. The molecule has 8 nitrogen and oxygen atoms in total. The third-order valence-corrected chi connectivity index (χ3v) is 5.74. The van der Waals surface area contributed by atoms with Gasteiger partial charge in [-0.1, -0.05) is 37.6 Å². The largest absolute Gasteiger partial charge is 0.465 e. The molecule has 32 heavy (non-hydrogen) atoms. The molecular formula is C24H27N5O3. The number of ether oxygens (including phenoxy) is 1. The zero-order valence-electron chi connectivity index (χ0n) is 18.3. The summed E-state index contributed by atoms with van der Waals surface area (Å²) in [5, 5.41) is 19.9. The number of unbranched alkanes of at least 4 members (excludes halogenated alkanes) is 1. The van der Waals surface area contributed by atoms with Crippen LogP contribution in [0.15, 0.2) is 42.5 Å². The summed E-state index contributed by atoms with van der Waals surface area (Å²) < 4.78 is 7.70. The number of aromatic nitrogens is 3. The number of carbonyl (C=O) groups is 1. The molecule has 4 aromatic rings. The number of rotatable bonds is 7. The molecule has 0 saturated carbocycles. The molecule has 2 heterocycles. The monoisotopic (exact) mass is 433 g/mol. The van der Waals surface area contributed by atoms with Gasteiger partial charge in [-0.3, -0.25) is 5.41 Å². The van der Waals surface area contributed by atoms with E-state index in [1.807, 2.05) is 24.3 Å². The van der Waals surface area contributed by atoms with Gasteiger partial charge < -0.3 is 20.2 Å². The number of esters is 1. The Morgan fingerprint density at radius 3 is 2.56 bits per heavy atom. The van der Waals surface area contributed by atoms with Gasteiger partial charge >= 0.3 is 5.97 Å². The maximum absolute atomic E-state index is 12.0. The van der Waals surface area contributed by atoms with Crippen molar-refractivity contribution in [3.05, 3.63) is 70.5 Å². The van der Waals surface area contributed by atoms with Gasteiger partial charge in [0.1, 0.15) is 11.3 Å². The van der Waals surface area contributed by atoms with Crippen molar-refractivity contribution < 1.29 is 14.7 Å². The lowest BCUT2D eigenvalue weighted by Gasteiger charge is -2.13. The maximum atomic E-state index is 12.0. The topological polar surface area (TPSA) is 119 Å². The van der Waals surface area contributed by atoms with Crippen LogP contribution in [0, 0.1) is 5.41 Å². The van der Waals surface area contributed by atoms with Crippen LogP contribution in [0.1, 0.15) is 47.1 Å². The number of hydrogen-bond acceptors (Lipinski definition) is 6. The molecule has 166 valence electrons. The van der Waals surface area contributed by atoms with Gasteiger partial charge in [0.05, 0.1) is 23.7 Å². The van der Waals surface area contributed by atoms with Gasteiger partial charge in [-0.2, -0.15) is 4.73 Å². The standard InChI is InChI=1S/C24H27N5O3/c1-3-4-5-20-27-21-22(28(20)14-16-8-6-15(13-25)7-9-16)18-11-10-17(24(30)32-2)12-19(18)29(31)23(21)26/h6-12,26,31H,3-5,13-14,25H2,1-2H3. The molecule has 0 atom stereocenters. The summed E-state index contributed by atoms with van der Waals surface area (Å²) in [5.74, 6) is 0.360. The van der Waals surface area contributed by atoms with E-state index < -0.39 is 5.97 Å². The van der Waals surface area contributed by atoms with Crippen LogP contribution in [0.3, 0.4) is 0 Å². The fraction of sp³-hybridized carbons (Fsp3) is 0.292. The van der Waals surface area contributed by atoms with E-state index in [9.17, 15) is 10.0 Å². The molecule has 2 aromatic heterocycles. The van der Waals surface area contributed by atoms with Gasteiger partial charge in [0.15, 0.2) is 5.49 Å². The second-order valence-electron chi connectivity index (χ2n) is 7.82. The van der Waals surface area contributed by atoms with E-state index in [1.165, 1.54) is 13.2 Å². The number of benzene rings is 2. The highest BCUT2D eigenvalue weighted by atomic mass is 16.5. The number of nitrogens with zero attached hydrogens (tertiary/aromatic N) is 3. The highest BCUT2D eigenvalue weighted by Crippen LogP contribution is 2.26. The molecule has 2 aromatic carbocycles. The predicted octanol–water partition coefficient (Wildman–Crippen LogP) is 3.34. The average molecular weight is 434 g/mol. The minimum absolute atomic E-state index is 0.121. The Morgan fingerprint density at radius 2 is 1.91 bits per heavy atom. The molecule has 0 aliphatic carbocycles. The van der Waals surface area contributed by atoms with E-state index in [-0.39, 0.29) is 5.49 Å². The molecule has 8 heteroatoms. The van der Waals surface area contributed by atoms with E-state index in [0.717, 1.165) is 46.5 Å². The molecule has 0 amide bonds. The summed E-state index contributed by atoms with van der Waals surface area (Å²) in [6.45, 7) is 3.19. The number of fused-ring (bicyclic) bond motifs is 3. The van der Waals surface area contributed by atoms with Crippen molar-refractivity contribution in [2.75, 3.05) is 7.11 Å². The van der Waals surface area contributed by atoms with Crippen molar-refractivity contribution >= 4 is 27.9 Å². The van der Waals surface area contributed by atoms with Gasteiger partial charge in [-0.15, -0.1) is 0 Å². The molecule has 0 radical (unpaired) electrons. The molecule has 4 N–H and O–H groups in total. The molecule has 0 bridgehead atoms. The maximum Gasteiger partial charge on any atom is 0.337 e. The van der Waals surface area contributed by atoms with Crippen LogP contribution in [-0.2, 0) is 24.2 Å². The Balaban J connectivity index is 1.98. The zero-order valence-corrected chi connectivity index (χ0v) is 18.3. The summed E-state index contributed by atoms with van der Waals surface area (Å²) >= 11 is 0. The first-order valence-electron chi connectivity index (χ1n) is 10.7. The summed E-state index contributed by atoms with van der Waals surface area (Å²) in [5.41, 5.74) is 9.61. The smallest absolute Gasteiger partial charge is 0.337 e. The van der Waals surface area contributed by atoms with Crippen molar-refractivity contribution in [1.82, 2.24) is 14.3 Å². The van der Waals surface area contributed by atoms with Crippen LogP contribution in [0.2, 0.25) is 0 Å². The minimum Gasteiger partial charge on any atom is -0.465 e. The van der Waals surface area contributed by atoms with Crippen LogP contribution in [0.25, 0.3) is 21.9 Å². The predicted molar refractivity (Wildman–Crippen MR) is 122 cm³/mol. The van der Waals surface area contributed by atoms with Gasteiger partial charge in [0, 0.05) is 24.9 Å². The number of carbonyl (C=O) groups excluding carboxylic acids is 1. The number of pyridine rings is 1. The summed E-state index contributed by atoms with van der Waals surface area (Å²) in [6, 6.07) is 13.1. The summed E-state index contributed by atoms with van der Waals surface area (Å²) in [4.78, 5) is 16.8. The van der Waals surface area contributed by atoms with Crippen molar-refractivity contribution in [2.45, 2.75) is 39.3 Å². The molecule has 0 aliphatic heterocycles. The van der Waals surface area contributed by atoms with Crippen LogP contribution < -0.4 is 11.2 Å². The van der Waals surface area contributed by atoms with E-state index in [4.69, 9.17) is 20.9 Å². The van der Waals surface area contributed by atoms with Crippen LogP contribution in [0.5, 0.6) is 0 Å². The third-order valence-electron chi connectivity index (χ3n) is 5.74. The first kappa shape index (κ1) is 21.6. The van der Waals surface area contributed by atoms with E-state index in [1.54, 1.807) is 12.1 Å². The van der Waals surface area contributed by atoms with E-state index in [0.29, 0.717) is 35.1 Å². The average Bonchev–Trinajstić information content (AvgIpc) is 3.18. The van der Waals surface area contributed by atoms with Crippen molar-refractivity contribution in [3.63, 3.8) is 0 Å². The quantitative estimate of drug-likeness (QED) is 0.305. The van der Waals surface area contributed by atoms with Gasteiger partial charge in [0.2, 0.25) is 0 Å². The lowest BCUT2D eigenvalue weighted by atomic mass is 10.1. The molecule has 0 fully saturated rings. The molecule has 0 saturated heterocycles. The van der Waals surface area contributed by atoms with Gasteiger partial charge in [0.25, 0.3) is 0 Å². The minimum atomic E-state index is -0.504. The van der Waals surface area contributed by atoms with Gasteiger partial charge in [-0.25, -0.2) is 9.78 Å². The highest BCUT2D eigenvalue weighted by molar-refractivity contribution is 6.05. The van der Waals surface area contributed by atoms with Crippen molar-refractivity contribution in [1.29, 1.82) is 5.41 Å². The summed E-state index contributed by atoms with van der Waals surface area (Å²) in [6.07, 6.45) is 2.75. The number of hydrogen-bond donors (Lipinski definition) is 3. The Kier molecular flexibility index (Phi) is 5.96. The van der Waals surface area contributed by atoms with Crippen LogP contribution in [-0.4, -0.2) is 32.6 Å². The number of aryl methyl sites for hydroxylation is 1. The number of methoxy groups -OCH3 is 1. The molecule has 0 unspecified atom stereocenters. The fourth-order valence-corrected chi connectivity index (χ4v) is 3.97. The second kappa shape index (κ2) is 8.84. The third kappa shape index (κ3) is 3.73. The molecule has 0 aliphatic rings. The Morgan fingerprint density at radius 1 is 1.19 bits per heavy atom. The molecule has 4 rings (SSSR count). The number of nitrogens with two attached hydrogens (primary N) is 1. The lowest BCUT2D eigenvalue weighted by Crippen LogP contribution is -2.19. The molecule has 0 spiro atoms. The lowest BCUT2D eigenvalue weighted by molar-refractivity contribution is 0.0601. The Bertz CT molecular complexity index is 1350. The second-order valence-corrected chi connectivity index (χ2v) is 7.82. The van der Waals surface area contributed by atoms with Crippen LogP contribution in [0.4, 0.5) is 0 Å². The Hall–Kier alpha value is -3.65. The number of nitrogens with one attached hydrogen (secondary N) is 1. The van der Waals surface area contributed by atoms with E-state index >= 15 is 0 Å². The highest BCUT2D eigenvalue weighted by Gasteiger charge is 2.19. The fourth-order valence-electron chi connectivity index (χ4n) is 3.97. The zero-order chi connectivity index (χ0) is 22.8. The van der Waals surface area contributed by atoms with Gasteiger partial charge in [-0.05, 0) is 35.7 Å². The Labute approximate surface area is 185 Å².